The smallest absolute Gasteiger partial charge is 0.0964 e. The minimum Gasteiger partial charge on any atom is -0.396 e. The van der Waals surface area contributed by atoms with E-state index >= 15 is 0 Å². The molecule has 0 aromatic carbocycles. The average molecular weight is 256 g/mol. The van der Waals surface area contributed by atoms with Gasteiger partial charge in [-0.15, -0.1) is 5.10 Å². The highest BCUT2D eigenvalue weighted by molar-refractivity contribution is 7.99. The summed E-state index contributed by atoms with van der Waals surface area (Å²) in [5.74, 6) is 2.53. The van der Waals surface area contributed by atoms with E-state index in [0.29, 0.717) is 6.04 Å². The molecular weight excluding hydrogens is 236 g/mol. The van der Waals surface area contributed by atoms with Crippen molar-refractivity contribution in [3.63, 3.8) is 0 Å². The molecule has 0 unspecified atom stereocenters. The lowest BCUT2D eigenvalue weighted by Crippen LogP contribution is -2.32. The van der Waals surface area contributed by atoms with E-state index in [4.69, 9.17) is 5.11 Å². The molecule has 0 saturated carbocycles. The second kappa shape index (κ2) is 6.98. The van der Waals surface area contributed by atoms with Gasteiger partial charge in [0, 0.05) is 31.9 Å². The van der Waals surface area contributed by atoms with Gasteiger partial charge in [0.1, 0.15) is 0 Å². The van der Waals surface area contributed by atoms with Crippen LogP contribution in [0.15, 0.2) is 6.20 Å². The van der Waals surface area contributed by atoms with Crippen LogP contribution in [0.5, 0.6) is 0 Å². The van der Waals surface area contributed by atoms with Crippen molar-refractivity contribution in [3.05, 3.63) is 11.9 Å². The zero-order valence-corrected chi connectivity index (χ0v) is 10.8. The average Bonchev–Trinajstić information content (AvgIpc) is 2.83. The fourth-order valence-corrected chi connectivity index (χ4v) is 3.02. The van der Waals surface area contributed by atoms with Gasteiger partial charge in [-0.2, -0.15) is 11.8 Å². The van der Waals surface area contributed by atoms with Crippen LogP contribution in [0.4, 0.5) is 0 Å². The Morgan fingerprint density at radius 2 is 2.29 bits per heavy atom. The van der Waals surface area contributed by atoms with Crippen LogP contribution in [-0.2, 0) is 13.1 Å². The Hall–Kier alpha value is -0.590. The SMILES string of the molecule is OCCCn1cc(CNC2CCSCC2)nn1. The number of nitrogens with zero attached hydrogens (tertiary/aromatic N) is 3. The van der Waals surface area contributed by atoms with Crippen molar-refractivity contribution in [2.45, 2.75) is 38.4 Å². The minimum atomic E-state index is 0.202. The van der Waals surface area contributed by atoms with Crippen LogP contribution in [0, 0.1) is 0 Å². The van der Waals surface area contributed by atoms with Crippen molar-refractivity contribution in [1.29, 1.82) is 0 Å². The lowest BCUT2D eigenvalue weighted by Gasteiger charge is -2.21. The first kappa shape index (κ1) is 12.9. The van der Waals surface area contributed by atoms with Gasteiger partial charge in [-0.1, -0.05) is 5.21 Å². The highest BCUT2D eigenvalue weighted by atomic mass is 32.2. The summed E-state index contributed by atoms with van der Waals surface area (Å²) in [6, 6.07) is 0.638. The van der Waals surface area contributed by atoms with Crippen LogP contribution in [-0.4, -0.2) is 44.3 Å². The van der Waals surface area contributed by atoms with Crippen LogP contribution in [0.3, 0.4) is 0 Å². The Morgan fingerprint density at radius 1 is 1.47 bits per heavy atom. The van der Waals surface area contributed by atoms with Gasteiger partial charge < -0.3 is 10.4 Å². The molecule has 1 saturated heterocycles. The fraction of sp³-hybridized carbons (Fsp3) is 0.818. The summed E-state index contributed by atoms with van der Waals surface area (Å²) in [5, 5.41) is 20.4. The van der Waals surface area contributed by atoms with Gasteiger partial charge in [-0.05, 0) is 30.8 Å². The van der Waals surface area contributed by atoms with Crippen LogP contribution >= 0.6 is 11.8 Å². The normalized spacial score (nSPS) is 17.5. The van der Waals surface area contributed by atoms with E-state index in [2.05, 4.69) is 15.6 Å². The molecule has 2 N–H and O–H groups in total. The number of aliphatic hydroxyl groups excluding tert-OH is 1. The van der Waals surface area contributed by atoms with Gasteiger partial charge in [0.05, 0.1) is 5.69 Å². The molecule has 17 heavy (non-hydrogen) atoms. The lowest BCUT2D eigenvalue weighted by molar-refractivity contribution is 0.276. The van der Waals surface area contributed by atoms with Crippen molar-refractivity contribution in [2.24, 2.45) is 0 Å². The number of aryl methyl sites for hydroxylation is 1. The summed E-state index contributed by atoms with van der Waals surface area (Å²) in [7, 11) is 0. The molecule has 0 spiro atoms. The number of thioether (sulfide) groups is 1. The summed E-state index contributed by atoms with van der Waals surface area (Å²) in [6.07, 6.45) is 5.20. The molecule has 96 valence electrons. The Balaban J connectivity index is 1.72. The highest BCUT2D eigenvalue weighted by Gasteiger charge is 2.13. The summed E-state index contributed by atoms with van der Waals surface area (Å²) >= 11 is 2.04. The quantitative estimate of drug-likeness (QED) is 0.782. The Morgan fingerprint density at radius 3 is 3.06 bits per heavy atom. The molecule has 1 fully saturated rings. The standard InChI is InChI=1S/C11H20N4OS/c16-5-1-4-15-9-11(13-14-15)8-12-10-2-6-17-7-3-10/h9-10,12,16H,1-8H2. The van der Waals surface area contributed by atoms with E-state index < -0.39 is 0 Å². The third-order valence-corrected chi connectivity index (χ3v) is 3.97. The van der Waals surface area contributed by atoms with Crippen molar-refractivity contribution in [2.75, 3.05) is 18.1 Å². The van der Waals surface area contributed by atoms with E-state index in [0.717, 1.165) is 25.2 Å². The summed E-state index contributed by atoms with van der Waals surface area (Å²) in [6.45, 7) is 1.74. The predicted octanol–water partition coefficient (Wildman–Crippen LogP) is 0.646. The van der Waals surface area contributed by atoms with Gasteiger partial charge in [0.15, 0.2) is 0 Å². The molecule has 1 aliphatic heterocycles. The molecule has 0 amide bonds. The fourth-order valence-electron chi connectivity index (χ4n) is 1.91. The van der Waals surface area contributed by atoms with Crippen LogP contribution in [0.25, 0.3) is 0 Å². The number of hydrogen-bond donors (Lipinski definition) is 2. The van der Waals surface area contributed by atoms with Crippen molar-refractivity contribution in [3.8, 4) is 0 Å². The van der Waals surface area contributed by atoms with E-state index in [1.54, 1.807) is 4.68 Å². The maximum atomic E-state index is 8.73. The third-order valence-electron chi connectivity index (χ3n) is 2.92. The van der Waals surface area contributed by atoms with Crippen LogP contribution in [0.1, 0.15) is 25.0 Å². The largest absolute Gasteiger partial charge is 0.396 e. The molecule has 2 rings (SSSR count). The topological polar surface area (TPSA) is 63.0 Å². The number of nitrogens with one attached hydrogen (secondary N) is 1. The third kappa shape index (κ3) is 4.29. The molecule has 0 aliphatic carbocycles. The molecular formula is C11H20N4OS. The predicted molar refractivity (Wildman–Crippen MR) is 68.9 cm³/mol. The van der Waals surface area contributed by atoms with Gasteiger partial charge >= 0.3 is 0 Å². The van der Waals surface area contributed by atoms with Crippen molar-refractivity contribution in [1.82, 2.24) is 20.3 Å². The zero-order chi connectivity index (χ0) is 11.9. The summed E-state index contributed by atoms with van der Waals surface area (Å²) in [4.78, 5) is 0. The second-order valence-corrected chi connectivity index (χ2v) is 5.54. The lowest BCUT2D eigenvalue weighted by atomic mass is 10.1. The number of hydrogen-bond acceptors (Lipinski definition) is 5. The van der Waals surface area contributed by atoms with Crippen molar-refractivity contribution < 1.29 is 5.11 Å². The van der Waals surface area contributed by atoms with Crippen LogP contribution < -0.4 is 5.32 Å². The van der Waals surface area contributed by atoms with Gasteiger partial charge in [0.2, 0.25) is 0 Å². The van der Waals surface area contributed by atoms with E-state index in [-0.39, 0.29) is 6.61 Å². The highest BCUT2D eigenvalue weighted by Crippen LogP contribution is 2.17. The Labute approximate surface area is 106 Å². The number of aromatic nitrogens is 3. The molecule has 0 atom stereocenters. The second-order valence-electron chi connectivity index (χ2n) is 4.32. The monoisotopic (exact) mass is 256 g/mol. The zero-order valence-electron chi connectivity index (χ0n) is 10.0. The molecule has 2 heterocycles. The minimum absolute atomic E-state index is 0.202. The first-order valence-corrected chi connectivity index (χ1v) is 7.35. The molecule has 6 heteroatoms. The molecule has 1 aliphatic rings. The van der Waals surface area contributed by atoms with E-state index in [1.807, 2.05) is 18.0 Å². The van der Waals surface area contributed by atoms with E-state index in [1.165, 1.54) is 24.3 Å². The molecule has 0 radical (unpaired) electrons. The van der Waals surface area contributed by atoms with Crippen LogP contribution in [0.2, 0.25) is 0 Å². The summed E-state index contributed by atoms with van der Waals surface area (Å²) < 4.78 is 1.80. The Kier molecular flexibility index (Phi) is 5.28. The van der Waals surface area contributed by atoms with Gasteiger partial charge in [-0.25, -0.2) is 0 Å². The first-order valence-electron chi connectivity index (χ1n) is 6.19. The maximum Gasteiger partial charge on any atom is 0.0964 e. The Bertz CT molecular complexity index is 325. The van der Waals surface area contributed by atoms with E-state index in [9.17, 15) is 0 Å². The number of aliphatic hydroxyl groups is 1. The number of rotatable bonds is 6. The first-order chi connectivity index (χ1) is 8.38. The summed E-state index contributed by atoms with van der Waals surface area (Å²) in [5.41, 5.74) is 0.987. The molecule has 1 aromatic rings. The van der Waals surface area contributed by atoms with Gasteiger partial charge in [0.25, 0.3) is 0 Å². The maximum absolute atomic E-state index is 8.73. The molecule has 5 nitrogen and oxygen atoms in total. The van der Waals surface area contributed by atoms with Crippen molar-refractivity contribution >= 4 is 11.8 Å². The molecule has 0 bridgehead atoms. The van der Waals surface area contributed by atoms with Gasteiger partial charge in [-0.3, -0.25) is 4.68 Å². The molecule has 1 aromatic heterocycles.